The molecule has 7 heteroatoms. The third-order valence-electron chi connectivity index (χ3n) is 5.74. The third-order valence-corrected chi connectivity index (χ3v) is 6.61. The van der Waals surface area contributed by atoms with Crippen LogP contribution in [0.15, 0.2) is 35.7 Å². The van der Waals surface area contributed by atoms with Crippen molar-refractivity contribution in [1.29, 1.82) is 0 Å². The molecule has 2 N–H and O–H groups in total. The number of carboxylic acid groups (broad SMARTS) is 1. The molecule has 0 spiro atoms. The molecule has 2 aromatic heterocycles. The third kappa shape index (κ3) is 4.19. The van der Waals surface area contributed by atoms with E-state index in [1.165, 1.54) is 24.1 Å². The van der Waals surface area contributed by atoms with Crippen LogP contribution < -0.4 is 5.32 Å². The molecule has 1 fully saturated rings. The monoisotopic (exact) mass is 411 g/mol. The minimum absolute atomic E-state index is 0.394. The number of benzene rings is 1. The molecule has 2 unspecified atom stereocenters. The van der Waals surface area contributed by atoms with E-state index in [2.05, 4.69) is 34.3 Å². The Kier molecular flexibility index (Phi) is 5.67. The molecule has 0 saturated heterocycles. The molecule has 2 heterocycles. The first-order chi connectivity index (χ1) is 14.0. The predicted molar refractivity (Wildman–Crippen MR) is 113 cm³/mol. The van der Waals surface area contributed by atoms with Gasteiger partial charge in [-0.05, 0) is 48.4 Å². The van der Waals surface area contributed by atoms with E-state index in [1.807, 2.05) is 6.07 Å². The van der Waals surface area contributed by atoms with Crippen LogP contribution >= 0.6 is 11.3 Å². The summed E-state index contributed by atoms with van der Waals surface area (Å²) < 4.78 is 2.39. The maximum Gasteiger partial charge on any atom is 0.322 e. The highest BCUT2D eigenvalue weighted by Crippen LogP contribution is 2.37. The Morgan fingerprint density at radius 3 is 2.83 bits per heavy atom. The number of nitrogens with one attached hydrogen (secondary N) is 1. The lowest BCUT2D eigenvalue weighted by Gasteiger charge is -2.31. The number of carboxylic acids is 1. The Labute approximate surface area is 173 Å². The molecule has 3 aromatic rings. The van der Waals surface area contributed by atoms with E-state index in [0.29, 0.717) is 17.5 Å². The Morgan fingerprint density at radius 1 is 1.28 bits per heavy atom. The highest BCUT2D eigenvalue weighted by molar-refractivity contribution is 7.09. The second-order valence-electron chi connectivity index (χ2n) is 7.76. The van der Waals surface area contributed by atoms with Gasteiger partial charge in [-0.25, -0.2) is 4.98 Å². The number of amides is 1. The smallest absolute Gasteiger partial charge is 0.322 e. The summed E-state index contributed by atoms with van der Waals surface area (Å²) in [7, 11) is 0. The van der Waals surface area contributed by atoms with Gasteiger partial charge < -0.3 is 15.0 Å². The normalized spacial score (nSPS) is 19.3. The molecule has 4 rings (SSSR count). The van der Waals surface area contributed by atoms with Gasteiger partial charge in [0.05, 0.1) is 11.0 Å². The summed E-state index contributed by atoms with van der Waals surface area (Å²) in [5.41, 5.74) is 2.27. The quantitative estimate of drug-likeness (QED) is 0.635. The maximum atomic E-state index is 12.3. The minimum atomic E-state index is -1.06. The summed E-state index contributed by atoms with van der Waals surface area (Å²) in [6.07, 6.45) is 5.64. The van der Waals surface area contributed by atoms with Crippen molar-refractivity contribution in [1.82, 2.24) is 14.9 Å². The summed E-state index contributed by atoms with van der Waals surface area (Å²) in [5, 5.41) is 13.3. The number of fused-ring (bicyclic) bond motifs is 1. The molecule has 1 aliphatic carbocycles. The predicted octanol–water partition coefficient (Wildman–Crippen LogP) is 4.25. The van der Waals surface area contributed by atoms with Crippen molar-refractivity contribution in [3.05, 3.63) is 52.0 Å². The Balaban J connectivity index is 1.73. The van der Waals surface area contributed by atoms with Gasteiger partial charge in [0, 0.05) is 22.9 Å². The average molecular weight is 412 g/mol. The van der Waals surface area contributed by atoms with Crippen molar-refractivity contribution in [2.75, 3.05) is 6.54 Å². The molecule has 0 bridgehead atoms. The van der Waals surface area contributed by atoms with E-state index >= 15 is 0 Å². The molecule has 0 radical (unpaired) electrons. The number of aliphatic carboxylic acids is 1. The summed E-state index contributed by atoms with van der Waals surface area (Å²) in [6, 6.07) is 10.1. The number of carbonyl (C=O) groups excluding carboxylic acids is 1. The molecular formula is C22H25N3O3S. The van der Waals surface area contributed by atoms with Gasteiger partial charge in [0.1, 0.15) is 12.4 Å². The van der Waals surface area contributed by atoms with Crippen molar-refractivity contribution in [3.63, 3.8) is 0 Å². The Hall–Kier alpha value is -2.67. The van der Waals surface area contributed by atoms with E-state index in [0.717, 1.165) is 29.7 Å². The fraction of sp³-hybridized carbons (Fsp3) is 0.409. The highest BCUT2D eigenvalue weighted by atomic mass is 32.1. The second-order valence-corrected chi connectivity index (χ2v) is 8.80. The van der Waals surface area contributed by atoms with Gasteiger partial charge in [0.2, 0.25) is 0 Å². The Bertz CT molecular complexity index is 1030. The largest absolute Gasteiger partial charge is 0.480 e. The molecule has 6 nitrogen and oxygen atoms in total. The zero-order chi connectivity index (χ0) is 20.4. The number of aromatic nitrogens is 2. The lowest BCUT2D eigenvalue weighted by Crippen LogP contribution is -2.29. The van der Waals surface area contributed by atoms with Gasteiger partial charge in [0.15, 0.2) is 0 Å². The number of rotatable bonds is 6. The summed E-state index contributed by atoms with van der Waals surface area (Å²) >= 11 is 1.73. The van der Waals surface area contributed by atoms with Crippen molar-refractivity contribution in [3.8, 4) is 0 Å². The molecule has 1 aromatic carbocycles. The lowest BCUT2D eigenvalue weighted by molar-refractivity contribution is -0.135. The van der Waals surface area contributed by atoms with Crippen LogP contribution in [-0.2, 0) is 11.2 Å². The van der Waals surface area contributed by atoms with Crippen LogP contribution in [0.3, 0.4) is 0 Å². The number of nitrogens with zero attached hydrogens (tertiary/aromatic N) is 2. The number of imidazole rings is 1. The number of hydrogen-bond donors (Lipinski definition) is 2. The van der Waals surface area contributed by atoms with Crippen LogP contribution in [0.4, 0.5) is 0 Å². The maximum absolute atomic E-state index is 12.3. The van der Waals surface area contributed by atoms with Gasteiger partial charge in [-0.2, -0.15) is 0 Å². The van der Waals surface area contributed by atoms with Gasteiger partial charge >= 0.3 is 5.97 Å². The van der Waals surface area contributed by atoms with Crippen molar-refractivity contribution < 1.29 is 14.7 Å². The molecule has 152 valence electrons. The second kappa shape index (κ2) is 8.37. The van der Waals surface area contributed by atoms with Crippen LogP contribution in [0.25, 0.3) is 11.0 Å². The van der Waals surface area contributed by atoms with E-state index < -0.39 is 18.4 Å². The average Bonchev–Trinajstić information content (AvgIpc) is 3.33. The van der Waals surface area contributed by atoms with Gasteiger partial charge in [-0.1, -0.05) is 25.8 Å². The first kappa shape index (κ1) is 19.6. The van der Waals surface area contributed by atoms with Crippen molar-refractivity contribution in [2.24, 2.45) is 5.92 Å². The van der Waals surface area contributed by atoms with Crippen molar-refractivity contribution >= 4 is 34.2 Å². The van der Waals surface area contributed by atoms with E-state index in [9.17, 15) is 9.59 Å². The molecule has 0 aliphatic heterocycles. The van der Waals surface area contributed by atoms with E-state index in [4.69, 9.17) is 10.1 Å². The summed E-state index contributed by atoms with van der Waals surface area (Å²) in [4.78, 5) is 29.2. The SMILES string of the molecule is CC1CCCCC1n1c(Cc2cccs2)nc2cc(C(=O)NCC(=O)O)ccc21. The van der Waals surface area contributed by atoms with Crippen LogP contribution in [-0.4, -0.2) is 33.1 Å². The molecular weight excluding hydrogens is 386 g/mol. The first-order valence-electron chi connectivity index (χ1n) is 10.1. The van der Waals surface area contributed by atoms with Gasteiger partial charge in [0.25, 0.3) is 5.91 Å². The molecule has 1 amide bonds. The summed E-state index contributed by atoms with van der Waals surface area (Å²) in [6.45, 7) is 1.92. The summed E-state index contributed by atoms with van der Waals surface area (Å²) in [5.74, 6) is 0.161. The lowest BCUT2D eigenvalue weighted by atomic mass is 9.85. The zero-order valence-electron chi connectivity index (χ0n) is 16.4. The number of hydrogen-bond acceptors (Lipinski definition) is 4. The molecule has 2 atom stereocenters. The number of carbonyl (C=O) groups is 2. The number of thiophene rings is 1. The van der Waals surface area contributed by atoms with E-state index in [-0.39, 0.29) is 0 Å². The molecule has 29 heavy (non-hydrogen) atoms. The fourth-order valence-corrected chi connectivity index (χ4v) is 4.99. The van der Waals surface area contributed by atoms with Crippen LogP contribution in [0, 0.1) is 5.92 Å². The molecule has 1 saturated carbocycles. The highest BCUT2D eigenvalue weighted by Gasteiger charge is 2.27. The first-order valence-corrected chi connectivity index (χ1v) is 10.9. The van der Waals surface area contributed by atoms with Gasteiger partial charge in [-0.3, -0.25) is 9.59 Å². The van der Waals surface area contributed by atoms with Crippen molar-refractivity contribution in [2.45, 2.75) is 45.1 Å². The Morgan fingerprint density at radius 2 is 2.10 bits per heavy atom. The fourth-order valence-electron chi connectivity index (χ4n) is 4.29. The minimum Gasteiger partial charge on any atom is -0.480 e. The van der Waals surface area contributed by atoms with Crippen LogP contribution in [0.5, 0.6) is 0 Å². The molecule has 1 aliphatic rings. The van der Waals surface area contributed by atoms with Crippen LogP contribution in [0.1, 0.15) is 59.7 Å². The van der Waals surface area contributed by atoms with Gasteiger partial charge in [-0.15, -0.1) is 11.3 Å². The van der Waals surface area contributed by atoms with E-state index in [1.54, 1.807) is 23.5 Å². The topological polar surface area (TPSA) is 84.2 Å². The standard InChI is InChI=1S/C22H25N3O3S/c1-14-5-2-3-7-18(14)25-19-9-8-15(22(28)23-13-21(26)27)11-17(19)24-20(25)12-16-6-4-10-29-16/h4,6,8-11,14,18H,2-3,5,7,12-13H2,1H3,(H,23,28)(H,26,27). The zero-order valence-corrected chi connectivity index (χ0v) is 17.2. The van der Waals surface area contributed by atoms with Crippen LogP contribution in [0.2, 0.25) is 0 Å².